The van der Waals surface area contributed by atoms with E-state index in [9.17, 15) is 0 Å². The van der Waals surface area contributed by atoms with Crippen LogP contribution in [0.2, 0.25) is 0 Å². The summed E-state index contributed by atoms with van der Waals surface area (Å²) in [5, 5.41) is 0. The number of halogens is 1. The number of ether oxygens (including phenoxy) is 1. The van der Waals surface area contributed by atoms with Crippen LogP contribution < -0.4 is 0 Å². The molecule has 1 rings (SSSR count). The van der Waals surface area contributed by atoms with Crippen LogP contribution in [0.25, 0.3) is 0 Å². The monoisotopic (exact) mass is 228 g/mol. The Morgan fingerprint density at radius 3 is 2.58 bits per heavy atom. The number of hydrogen-bond donors (Lipinski definition) is 0. The Labute approximate surface area is 81.9 Å². The number of rotatable bonds is 4. The summed E-state index contributed by atoms with van der Waals surface area (Å²) in [5.74, 6) is 0. The van der Waals surface area contributed by atoms with Gasteiger partial charge in [-0.2, -0.15) is 0 Å². The average Bonchev–Trinajstić information content (AvgIpc) is 2.15. The zero-order valence-electron chi connectivity index (χ0n) is 7.16. The van der Waals surface area contributed by atoms with Gasteiger partial charge in [0, 0.05) is 18.5 Å². The van der Waals surface area contributed by atoms with Crippen LogP contribution in [0.4, 0.5) is 0 Å². The van der Waals surface area contributed by atoms with E-state index in [1.54, 1.807) is 7.11 Å². The summed E-state index contributed by atoms with van der Waals surface area (Å²) in [5.41, 5.74) is 1.31. The van der Waals surface area contributed by atoms with Gasteiger partial charge < -0.3 is 4.74 Å². The lowest BCUT2D eigenvalue weighted by molar-refractivity contribution is 0.195. The lowest BCUT2D eigenvalue weighted by Crippen LogP contribution is -1.95. The van der Waals surface area contributed by atoms with Crippen LogP contribution in [0, 0.1) is 0 Å². The molecule has 0 bridgehead atoms. The number of hydrogen-bond acceptors (Lipinski definition) is 1. The molecule has 1 atom stereocenters. The largest absolute Gasteiger partial charge is 0.385 e. The molecule has 0 aliphatic rings. The second kappa shape index (κ2) is 5.33. The molecular formula is C10H13BrO. The number of benzene rings is 1. The van der Waals surface area contributed by atoms with Crippen molar-refractivity contribution in [3.63, 3.8) is 0 Å². The molecule has 0 radical (unpaired) electrons. The minimum absolute atomic E-state index is 0.415. The first-order chi connectivity index (χ1) is 5.84. The maximum absolute atomic E-state index is 5.00. The van der Waals surface area contributed by atoms with Crippen molar-refractivity contribution in [3.05, 3.63) is 35.9 Å². The molecule has 0 aliphatic carbocycles. The molecule has 0 fully saturated rings. The third-order valence-electron chi connectivity index (χ3n) is 1.74. The molecule has 0 N–H and O–H groups in total. The Bertz CT molecular complexity index is 210. The molecule has 0 heterocycles. The maximum atomic E-state index is 5.00. The minimum Gasteiger partial charge on any atom is -0.385 e. The molecule has 0 saturated carbocycles. The molecule has 0 aliphatic heterocycles. The van der Waals surface area contributed by atoms with Gasteiger partial charge in [0.05, 0.1) is 0 Å². The van der Waals surface area contributed by atoms with E-state index in [-0.39, 0.29) is 0 Å². The second-order valence-corrected chi connectivity index (χ2v) is 3.77. The number of methoxy groups -OCH3 is 1. The zero-order chi connectivity index (χ0) is 8.81. The summed E-state index contributed by atoms with van der Waals surface area (Å²) in [7, 11) is 1.73. The fourth-order valence-electron chi connectivity index (χ4n) is 1.05. The van der Waals surface area contributed by atoms with Crippen molar-refractivity contribution >= 4 is 15.9 Å². The van der Waals surface area contributed by atoms with E-state index in [2.05, 4.69) is 40.2 Å². The first-order valence-electron chi connectivity index (χ1n) is 4.02. The summed E-state index contributed by atoms with van der Waals surface area (Å²) >= 11 is 3.61. The van der Waals surface area contributed by atoms with Gasteiger partial charge in [-0.15, -0.1) is 0 Å². The van der Waals surface area contributed by atoms with E-state index in [1.807, 2.05) is 6.07 Å². The summed E-state index contributed by atoms with van der Waals surface area (Å²) in [6, 6.07) is 10.4. The van der Waals surface area contributed by atoms with Crippen LogP contribution in [0.5, 0.6) is 0 Å². The number of alkyl halides is 1. The van der Waals surface area contributed by atoms with Gasteiger partial charge in [0.2, 0.25) is 0 Å². The molecule has 66 valence electrons. The van der Waals surface area contributed by atoms with Crippen LogP contribution in [0.1, 0.15) is 16.8 Å². The van der Waals surface area contributed by atoms with Crippen LogP contribution in [-0.4, -0.2) is 13.7 Å². The Morgan fingerprint density at radius 1 is 1.33 bits per heavy atom. The van der Waals surface area contributed by atoms with Gasteiger partial charge in [0.1, 0.15) is 0 Å². The lowest BCUT2D eigenvalue weighted by atomic mass is 10.1. The van der Waals surface area contributed by atoms with Crippen LogP contribution in [-0.2, 0) is 4.74 Å². The standard InChI is InChI=1S/C10H13BrO/c1-12-8-7-10(11)9-5-3-2-4-6-9/h2-6,10H,7-8H2,1H3. The summed E-state index contributed by atoms with van der Waals surface area (Å²) in [6.07, 6.45) is 1.01. The Balaban J connectivity index is 2.48. The summed E-state index contributed by atoms with van der Waals surface area (Å²) < 4.78 is 5.00. The van der Waals surface area contributed by atoms with Crippen molar-refractivity contribution in [2.45, 2.75) is 11.2 Å². The van der Waals surface area contributed by atoms with Gasteiger partial charge in [-0.25, -0.2) is 0 Å². The summed E-state index contributed by atoms with van der Waals surface area (Å²) in [6.45, 7) is 0.796. The van der Waals surface area contributed by atoms with Crippen LogP contribution >= 0.6 is 15.9 Å². The fourth-order valence-corrected chi connectivity index (χ4v) is 1.54. The van der Waals surface area contributed by atoms with E-state index < -0.39 is 0 Å². The zero-order valence-corrected chi connectivity index (χ0v) is 8.75. The molecule has 0 saturated heterocycles. The van der Waals surface area contributed by atoms with Crippen molar-refractivity contribution in [2.24, 2.45) is 0 Å². The SMILES string of the molecule is COCCC(Br)c1ccccc1. The van der Waals surface area contributed by atoms with E-state index in [1.165, 1.54) is 5.56 Å². The molecule has 1 nitrogen and oxygen atoms in total. The molecule has 0 aromatic heterocycles. The third kappa shape index (κ3) is 2.95. The molecule has 12 heavy (non-hydrogen) atoms. The second-order valence-electron chi connectivity index (χ2n) is 2.66. The molecule has 0 amide bonds. The minimum atomic E-state index is 0.415. The maximum Gasteiger partial charge on any atom is 0.0476 e. The van der Waals surface area contributed by atoms with Gasteiger partial charge in [-0.3, -0.25) is 0 Å². The molecular weight excluding hydrogens is 216 g/mol. The normalized spacial score (nSPS) is 12.8. The van der Waals surface area contributed by atoms with E-state index in [4.69, 9.17) is 4.74 Å². The van der Waals surface area contributed by atoms with Gasteiger partial charge in [0.25, 0.3) is 0 Å². The van der Waals surface area contributed by atoms with Crippen molar-refractivity contribution in [1.82, 2.24) is 0 Å². The van der Waals surface area contributed by atoms with E-state index >= 15 is 0 Å². The Kier molecular flexibility index (Phi) is 4.33. The Hall–Kier alpha value is -0.340. The van der Waals surface area contributed by atoms with Crippen molar-refractivity contribution in [1.29, 1.82) is 0 Å². The smallest absolute Gasteiger partial charge is 0.0476 e. The van der Waals surface area contributed by atoms with Gasteiger partial charge in [-0.1, -0.05) is 46.3 Å². The van der Waals surface area contributed by atoms with Crippen molar-refractivity contribution < 1.29 is 4.74 Å². The fraction of sp³-hybridized carbons (Fsp3) is 0.400. The highest BCUT2D eigenvalue weighted by Gasteiger charge is 2.04. The third-order valence-corrected chi connectivity index (χ3v) is 2.72. The van der Waals surface area contributed by atoms with E-state index in [0.717, 1.165) is 13.0 Å². The first-order valence-corrected chi connectivity index (χ1v) is 4.94. The summed E-state index contributed by atoms with van der Waals surface area (Å²) in [4.78, 5) is 0.415. The highest BCUT2D eigenvalue weighted by molar-refractivity contribution is 9.09. The topological polar surface area (TPSA) is 9.23 Å². The molecule has 2 heteroatoms. The van der Waals surface area contributed by atoms with Gasteiger partial charge in [0.15, 0.2) is 0 Å². The molecule has 0 spiro atoms. The molecule has 1 aromatic carbocycles. The van der Waals surface area contributed by atoms with Gasteiger partial charge in [-0.05, 0) is 12.0 Å². The van der Waals surface area contributed by atoms with Crippen molar-refractivity contribution in [3.8, 4) is 0 Å². The van der Waals surface area contributed by atoms with Gasteiger partial charge >= 0.3 is 0 Å². The van der Waals surface area contributed by atoms with Crippen LogP contribution in [0.15, 0.2) is 30.3 Å². The lowest BCUT2D eigenvalue weighted by Gasteiger charge is -2.08. The highest BCUT2D eigenvalue weighted by Crippen LogP contribution is 2.25. The van der Waals surface area contributed by atoms with Crippen molar-refractivity contribution in [2.75, 3.05) is 13.7 Å². The first kappa shape index (κ1) is 9.75. The Morgan fingerprint density at radius 2 is 2.00 bits per heavy atom. The predicted octanol–water partition coefficient (Wildman–Crippen LogP) is 3.16. The van der Waals surface area contributed by atoms with E-state index in [0.29, 0.717) is 4.83 Å². The quantitative estimate of drug-likeness (QED) is 0.720. The molecule has 1 aromatic rings. The van der Waals surface area contributed by atoms with Crippen LogP contribution in [0.3, 0.4) is 0 Å². The highest BCUT2D eigenvalue weighted by atomic mass is 79.9. The predicted molar refractivity (Wildman–Crippen MR) is 54.6 cm³/mol. The average molecular weight is 229 g/mol. The molecule has 1 unspecified atom stereocenters.